The zero-order valence-electron chi connectivity index (χ0n) is 18.2. The van der Waals surface area contributed by atoms with E-state index in [0.29, 0.717) is 18.1 Å². The number of hydrogen-bond donors (Lipinski definition) is 1. The number of nitro groups is 1. The van der Waals surface area contributed by atoms with Crippen molar-refractivity contribution < 1.29 is 9.66 Å². The normalized spacial score (nSPS) is 12.0. The largest absolute Gasteiger partial charge is 0.491 e. The van der Waals surface area contributed by atoms with E-state index in [1.165, 1.54) is 0 Å². The summed E-state index contributed by atoms with van der Waals surface area (Å²) in [6.07, 6.45) is 1.77. The summed E-state index contributed by atoms with van der Waals surface area (Å²) < 4.78 is 6.00. The third-order valence-electron chi connectivity index (χ3n) is 5.05. The van der Waals surface area contributed by atoms with Gasteiger partial charge in [-0.05, 0) is 25.3 Å². The maximum Gasteiger partial charge on any atom is 0.272 e. The van der Waals surface area contributed by atoms with Gasteiger partial charge in [0, 0.05) is 33.5 Å². The topological polar surface area (TPSA) is 81.0 Å². The fourth-order valence-electron chi connectivity index (χ4n) is 3.51. The lowest BCUT2D eigenvalue weighted by Gasteiger charge is -2.18. The fourth-order valence-corrected chi connectivity index (χ4v) is 5.02. The third kappa shape index (κ3) is 4.05. The van der Waals surface area contributed by atoms with Gasteiger partial charge < -0.3 is 9.72 Å². The Labute approximate surface area is 172 Å². The summed E-state index contributed by atoms with van der Waals surface area (Å²) in [6, 6.07) is 5.47. The quantitative estimate of drug-likeness (QED) is 0.337. The van der Waals surface area contributed by atoms with Crippen LogP contribution in [0.1, 0.15) is 25.0 Å². The molecule has 0 aliphatic carbocycles. The number of aromatic amines is 1. The van der Waals surface area contributed by atoms with Crippen molar-refractivity contribution in [1.29, 1.82) is 0 Å². The number of rotatable bonds is 6. The van der Waals surface area contributed by atoms with Gasteiger partial charge in [-0.2, -0.15) is 0 Å². The van der Waals surface area contributed by atoms with Crippen LogP contribution in [-0.2, 0) is 0 Å². The number of H-pyrrole nitrogens is 1. The molecular formula is C22H29N3O3Si. The molecule has 3 rings (SSSR count). The van der Waals surface area contributed by atoms with E-state index in [9.17, 15) is 10.1 Å². The molecule has 0 spiro atoms. The molecule has 1 N–H and O–H groups in total. The van der Waals surface area contributed by atoms with E-state index in [-0.39, 0.29) is 10.6 Å². The number of aryl methyl sites for hydroxylation is 2. The summed E-state index contributed by atoms with van der Waals surface area (Å²) in [4.78, 5) is 19.4. The van der Waals surface area contributed by atoms with Crippen molar-refractivity contribution in [2.24, 2.45) is 5.92 Å². The molecule has 3 aromatic rings. The summed E-state index contributed by atoms with van der Waals surface area (Å²) in [6.45, 7) is 15.4. The predicted molar refractivity (Wildman–Crippen MR) is 121 cm³/mol. The zero-order chi connectivity index (χ0) is 21.5. The molecule has 0 saturated heterocycles. The van der Waals surface area contributed by atoms with Gasteiger partial charge in [0.05, 0.1) is 25.8 Å². The highest BCUT2D eigenvalue weighted by atomic mass is 28.3. The summed E-state index contributed by atoms with van der Waals surface area (Å²) in [5.74, 6) is 1.17. The average Bonchev–Trinajstić information content (AvgIpc) is 3.02. The molecule has 0 fully saturated rings. The molecule has 0 aliphatic heterocycles. The van der Waals surface area contributed by atoms with Gasteiger partial charge in [-0.25, -0.2) is 4.98 Å². The Kier molecular flexibility index (Phi) is 5.54. The molecule has 1 aromatic carbocycles. The lowest BCUT2D eigenvalue weighted by Crippen LogP contribution is -2.39. The van der Waals surface area contributed by atoms with Crippen LogP contribution < -0.4 is 10.1 Å². The number of nitrogens with zero attached hydrogens (tertiary/aromatic N) is 2. The third-order valence-corrected chi connectivity index (χ3v) is 6.93. The number of benzene rings is 1. The maximum atomic E-state index is 11.5. The van der Waals surface area contributed by atoms with E-state index in [2.05, 4.69) is 43.5 Å². The predicted octanol–water partition coefficient (Wildman–Crippen LogP) is 5.33. The van der Waals surface area contributed by atoms with Gasteiger partial charge >= 0.3 is 0 Å². The van der Waals surface area contributed by atoms with Crippen LogP contribution in [0.4, 0.5) is 5.69 Å². The lowest BCUT2D eigenvalue weighted by atomic mass is 10.0. The van der Waals surface area contributed by atoms with E-state index in [1.807, 2.05) is 19.1 Å². The number of nitrogens with one attached hydrogen (secondary N) is 1. The van der Waals surface area contributed by atoms with E-state index >= 15 is 0 Å². The van der Waals surface area contributed by atoms with Crippen molar-refractivity contribution in [3.8, 4) is 16.9 Å². The molecule has 2 heterocycles. The Morgan fingerprint density at radius 1 is 1.24 bits per heavy atom. The Morgan fingerprint density at radius 2 is 1.93 bits per heavy atom. The van der Waals surface area contributed by atoms with Crippen LogP contribution in [0, 0.1) is 29.9 Å². The van der Waals surface area contributed by atoms with Crippen molar-refractivity contribution >= 4 is 30.1 Å². The highest BCUT2D eigenvalue weighted by molar-refractivity contribution is 6.89. The number of ether oxygens (including phenoxy) is 1. The molecule has 0 unspecified atom stereocenters. The minimum Gasteiger partial charge on any atom is -0.491 e. The van der Waals surface area contributed by atoms with Gasteiger partial charge in [-0.3, -0.25) is 10.1 Å². The Bertz CT molecular complexity index is 1080. The van der Waals surface area contributed by atoms with Gasteiger partial charge in [-0.1, -0.05) is 45.6 Å². The monoisotopic (exact) mass is 411 g/mol. The number of aromatic nitrogens is 2. The second kappa shape index (κ2) is 7.63. The van der Waals surface area contributed by atoms with Crippen LogP contribution >= 0.6 is 0 Å². The first-order valence-electron chi connectivity index (χ1n) is 9.90. The highest BCUT2D eigenvalue weighted by Crippen LogP contribution is 2.36. The number of nitro benzene ring substituents is 1. The van der Waals surface area contributed by atoms with Crippen molar-refractivity contribution in [2.75, 3.05) is 6.61 Å². The molecule has 6 nitrogen and oxygen atoms in total. The lowest BCUT2D eigenvalue weighted by molar-refractivity contribution is -0.385. The zero-order valence-corrected chi connectivity index (χ0v) is 19.2. The molecule has 0 saturated carbocycles. The summed E-state index contributed by atoms with van der Waals surface area (Å²) in [5.41, 5.74) is 4.46. The van der Waals surface area contributed by atoms with Crippen LogP contribution in [-0.4, -0.2) is 29.6 Å². The summed E-state index contributed by atoms with van der Waals surface area (Å²) in [5, 5.41) is 13.7. The first kappa shape index (κ1) is 21.0. The standard InChI is InChI=1S/C22H29N3O3Si/c1-13(2)12-28-18-11-23-21-19(15(18)4)20(22(24-21)29(5,6)7)16-9-8-14(3)17(10-16)25(26)27/h8-11,13H,12H2,1-7H3,(H,23,24). The van der Waals surface area contributed by atoms with Crippen molar-refractivity contribution in [3.63, 3.8) is 0 Å². The molecule has 7 heteroatoms. The molecule has 0 aliphatic rings. The van der Waals surface area contributed by atoms with Crippen LogP contribution in [0.3, 0.4) is 0 Å². The summed E-state index contributed by atoms with van der Waals surface area (Å²) >= 11 is 0. The molecule has 0 amide bonds. The van der Waals surface area contributed by atoms with Crippen LogP contribution in [0.2, 0.25) is 19.6 Å². The van der Waals surface area contributed by atoms with Gasteiger partial charge in [0.25, 0.3) is 5.69 Å². The Hall–Kier alpha value is -2.67. The van der Waals surface area contributed by atoms with Gasteiger partial charge in [0.15, 0.2) is 0 Å². The molecule has 154 valence electrons. The first-order chi connectivity index (χ1) is 13.5. The SMILES string of the molecule is Cc1ccc(-c2c([Si](C)(C)C)[nH]c3ncc(OCC(C)C)c(C)c23)cc1[N+](=O)[O-]. The molecule has 0 atom stereocenters. The van der Waals surface area contributed by atoms with Crippen molar-refractivity contribution in [3.05, 3.63) is 45.6 Å². The molecular weight excluding hydrogens is 382 g/mol. The molecule has 0 bridgehead atoms. The molecule has 2 aromatic heterocycles. The van der Waals surface area contributed by atoms with Crippen molar-refractivity contribution in [1.82, 2.24) is 9.97 Å². The molecule has 29 heavy (non-hydrogen) atoms. The van der Waals surface area contributed by atoms with Crippen molar-refractivity contribution in [2.45, 2.75) is 47.3 Å². The van der Waals surface area contributed by atoms with Crippen LogP contribution in [0.25, 0.3) is 22.2 Å². The smallest absolute Gasteiger partial charge is 0.272 e. The Balaban J connectivity index is 2.32. The molecule has 0 radical (unpaired) electrons. The Morgan fingerprint density at radius 3 is 2.52 bits per heavy atom. The minimum absolute atomic E-state index is 0.135. The van der Waals surface area contributed by atoms with Gasteiger partial charge in [-0.15, -0.1) is 0 Å². The van der Waals surface area contributed by atoms with E-state index in [1.54, 1.807) is 19.2 Å². The fraction of sp³-hybridized carbons (Fsp3) is 0.409. The second-order valence-corrected chi connectivity index (χ2v) is 14.1. The minimum atomic E-state index is -1.78. The number of pyridine rings is 1. The van der Waals surface area contributed by atoms with E-state index in [0.717, 1.165) is 38.8 Å². The summed E-state index contributed by atoms with van der Waals surface area (Å²) in [7, 11) is -1.78. The maximum absolute atomic E-state index is 11.5. The number of fused-ring (bicyclic) bond motifs is 1. The van der Waals surface area contributed by atoms with Gasteiger partial charge in [0.1, 0.15) is 11.4 Å². The average molecular weight is 412 g/mol. The van der Waals surface area contributed by atoms with Crippen LogP contribution in [0.15, 0.2) is 24.4 Å². The highest BCUT2D eigenvalue weighted by Gasteiger charge is 2.28. The first-order valence-corrected chi connectivity index (χ1v) is 13.4. The number of hydrogen-bond acceptors (Lipinski definition) is 4. The van der Waals surface area contributed by atoms with Crippen LogP contribution in [0.5, 0.6) is 5.75 Å². The second-order valence-electron chi connectivity index (χ2n) is 9.06. The van der Waals surface area contributed by atoms with E-state index in [4.69, 9.17) is 4.74 Å². The van der Waals surface area contributed by atoms with E-state index < -0.39 is 8.07 Å². The van der Waals surface area contributed by atoms with Gasteiger partial charge in [0.2, 0.25) is 0 Å².